The molecule has 0 aliphatic heterocycles. The third kappa shape index (κ3) is 6.22. The van der Waals surface area contributed by atoms with Gasteiger partial charge in [0.25, 0.3) is 0 Å². The smallest absolute Gasteiger partial charge is 0.228 e. The lowest BCUT2D eigenvalue weighted by atomic mass is 9.98. The molecule has 0 saturated carbocycles. The van der Waals surface area contributed by atoms with E-state index in [0.717, 1.165) is 32.8 Å². The summed E-state index contributed by atoms with van der Waals surface area (Å²) >= 11 is 1.69. The standard InChI is InChI=1S/C26H29N3O2S/c1-17-9-11-18(12-10-17)15-24(30)28-22-16-19(13-14-23(22)32-26(2,3)4)20-7-5-6-8-21(20)25(27)29-31/h5-14,16,31H,15H2,1-4H3,(H2,27,29)(H,28,30). The number of benzene rings is 3. The van der Waals surface area contributed by atoms with Crippen LogP contribution < -0.4 is 10.8 Å². The van der Waals surface area contributed by atoms with Gasteiger partial charge in [0, 0.05) is 15.2 Å². The zero-order valence-corrected chi connectivity index (χ0v) is 19.6. The minimum absolute atomic E-state index is 0.0290. The summed E-state index contributed by atoms with van der Waals surface area (Å²) in [7, 11) is 0. The van der Waals surface area contributed by atoms with E-state index in [0.29, 0.717) is 12.0 Å². The van der Waals surface area contributed by atoms with Crippen LogP contribution in [0.5, 0.6) is 0 Å². The van der Waals surface area contributed by atoms with Gasteiger partial charge in [-0.05, 0) is 35.7 Å². The molecule has 0 radical (unpaired) electrons. The molecule has 0 atom stereocenters. The summed E-state index contributed by atoms with van der Waals surface area (Å²) in [5, 5.41) is 20.3. The number of rotatable bonds is 6. The van der Waals surface area contributed by atoms with Crippen molar-refractivity contribution in [2.24, 2.45) is 0 Å². The van der Waals surface area contributed by atoms with Crippen LogP contribution in [0.1, 0.15) is 37.5 Å². The van der Waals surface area contributed by atoms with Gasteiger partial charge in [0.2, 0.25) is 5.91 Å². The van der Waals surface area contributed by atoms with Gasteiger partial charge >= 0.3 is 0 Å². The minimum Gasteiger partial charge on any atom is -0.325 e. The Morgan fingerprint density at radius 2 is 1.72 bits per heavy atom. The Morgan fingerprint density at radius 1 is 1.03 bits per heavy atom. The van der Waals surface area contributed by atoms with Crippen LogP contribution in [-0.2, 0) is 11.2 Å². The quantitative estimate of drug-likeness (QED) is 0.161. The number of carbonyl (C=O) groups excluding carboxylic acids is 1. The van der Waals surface area contributed by atoms with Crippen LogP contribution in [0.3, 0.4) is 0 Å². The monoisotopic (exact) mass is 447 g/mol. The number of thioether (sulfide) groups is 1. The second kappa shape index (κ2) is 10.0. The molecule has 0 bridgehead atoms. The summed E-state index contributed by atoms with van der Waals surface area (Å²) < 4.78 is -0.0290. The molecular weight excluding hydrogens is 418 g/mol. The van der Waals surface area contributed by atoms with Gasteiger partial charge in [-0.25, -0.2) is 0 Å². The van der Waals surface area contributed by atoms with Crippen molar-refractivity contribution in [3.8, 4) is 11.1 Å². The molecular formula is C26H29N3O2S. The Kier molecular flexibility index (Phi) is 7.38. The van der Waals surface area contributed by atoms with Crippen molar-refractivity contribution < 1.29 is 10.0 Å². The van der Waals surface area contributed by atoms with E-state index in [1.54, 1.807) is 17.8 Å². The van der Waals surface area contributed by atoms with E-state index in [-0.39, 0.29) is 16.5 Å². The van der Waals surface area contributed by atoms with Gasteiger partial charge in [0.15, 0.2) is 0 Å². The fourth-order valence-electron chi connectivity index (χ4n) is 3.31. The summed E-state index contributed by atoms with van der Waals surface area (Å²) in [5.74, 6) is -0.168. The Balaban J connectivity index is 1.96. The van der Waals surface area contributed by atoms with Crippen molar-refractivity contribution in [2.45, 2.75) is 43.8 Å². The molecule has 3 aromatic rings. The first-order valence-corrected chi connectivity index (χ1v) is 11.2. The van der Waals surface area contributed by atoms with Crippen LogP contribution in [-0.4, -0.2) is 21.7 Å². The lowest BCUT2D eigenvalue weighted by Gasteiger charge is -2.21. The molecule has 32 heavy (non-hydrogen) atoms. The summed E-state index contributed by atoms with van der Waals surface area (Å²) in [5.41, 5.74) is 6.99. The predicted molar refractivity (Wildman–Crippen MR) is 133 cm³/mol. The molecule has 3 rings (SSSR count). The fourth-order valence-corrected chi connectivity index (χ4v) is 4.33. The highest BCUT2D eigenvalue weighted by atomic mass is 32.2. The molecule has 4 N–H and O–H groups in total. The summed E-state index contributed by atoms with van der Waals surface area (Å²) in [6.45, 7) is 8.42. The number of anilines is 1. The average Bonchev–Trinajstić information content (AvgIpc) is 2.75. The zero-order chi connectivity index (χ0) is 23.3. The van der Waals surface area contributed by atoms with Gasteiger partial charge in [-0.3, -0.25) is 20.9 Å². The lowest BCUT2D eigenvalue weighted by molar-refractivity contribution is -0.115. The summed E-state index contributed by atoms with van der Waals surface area (Å²) in [6, 6.07) is 21.2. The Bertz CT molecular complexity index is 1120. The largest absolute Gasteiger partial charge is 0.325 e. The van der Waals surface area contributed by atoms with Gasteiger partial charge in [-0.15, -0.1) is 11.8 Å². The SMILES string of the molecule is Cc1ccc(CC(=O)Nc2cc(-c3ccccc3C(=N)NO)ccc2SC(C)(C)C)cc1. The van der Waals surface area contributed by atoms with Crippen LogP contribution in [0, 0.1) is 12.3 Å². The van der Waals surface area contributed by atoms with Gasteiger partial charge < -0.3 is 5.32 Å². The van der Waals surface area contributed by atoms with Gasteiger partial charge in [-0.2, -0.15) is 0 Å². The topological polar surface area (TPSA) is 85.2 Å². The maximum absolute atomic E-state index is 12.9. The third-order valence-corrected chi connectivity index (χ3v) is 5.96. The van der Waals surface area contributed by atoms with Crippen molar-refractivity contribution in [1.82, 2.24) is 5.48 Å². The number of hydrogen-bond acceptors (Lipinski definition) is 4. The van der Waals surface area contributed by atoms with Crippen molar-refractivity contribution in [3.05, 3.63) is 83.4 Å². The Labute approximate surface area is 193 Å². The van der Waals surface area contributed by atoms with Crippen LogP contribution in [0.15, 0.2) is 71.6 Å². The first-order chi connectivity index (χ1) is 15.2. The van der Waals surface area contributed by atoms with Crippen LogP contribution in [0.2, 0.25) is 0 Å². The van der Waals surface area contributed by atoms with E-state index in [4.69, 9.17) is 5.41 Å². The van der Waals surface area contributed by atoms with Crippen molar-refractivity contribution in [1.29, 1.82) is 5.41 Å². The highest BCUT2D eigenvalue weighted by molar-refractivity contribution is 8.00. The molecule has 3 aromatic carbocycles. The van der Waals surface area contributed by atoms with Crippen molar-refractivity contribution in [2.75, 3.05) is 5.32 Å². The molecule has 166 valence electrons. The highest BCUT2D eigenvalue weighted by Gasteiger charge is 2.18. The lowest BCUT2D eigenvalue weighted by Crippen LogP contribution is -2.19. The average molecular weight is 448 g/mol. The molecule has 5 nitrogen and oxygen atoms in total. The normalized spacial score (nSPS) is 11.2. The zero-order valence-electron chi connectivity index (χ0n) is 18.8. The van der Waals surface area contributed by atoms with Crippen molar-refractivity contribution >= 4 is 29.2 Å². The molecule has 0 spiro atoms. The molecule has 0 fully saturated rings. The highest BCUT2D eigenvalue weighted by Crippen LogP contribution is 2.39. The number of amides is 1. The van der Waals surface area contributed by atoms with E-state index in [9.17, 15) is 10.0 Å². The molecule has 0 unspecified atom stereocenters. The number of carbonyl (C=O) groups is 1. The Hall–Kier alpha value is -3.09. The van der Waals surface area contributed by atoms with Gasteiger partial charge in [0.1, 0.15) is 5.84 Å². The molecule has 0 saturated heterocycles. The number of hydroxylamine groups is 1. The maximum atomic E-state index is 12.9. The second-order valence-corrected chi connectivity index (χ2v) is 10.5. The van der Waals surface area contributed by atoms with E-state index >= 15 is 0 Å². The van der Waals surface area contributed by atoms with Gasteiger partial charge in [0.05, 0.1) is 12.1 Å². The number of amidine groups is 1. The molecule has 0 aliphatic carbocycles. The first-order valence-electron chi connectivity index (χ1n) is 10.4. The minimum atomic E-state index is -0.0845. The molecule has 0 aliphatic rings. The molecule has 0 aromatic heterocycles. The molecule has 6 heteroatoms. The van der Waals surface area contributed by atoms with Crippen LogP contribution in [0.4, 0.5) is 5.69 Å². The maximum Gasteiger partial charge on any atom is 0.228 e. The first kappa shape index (κ1) is 23.6. The summed E-state index contributed by atoms with van der Waals surface area (Å²) in [6.07, 6.45) is 0.291. The van der Waals surface area contributed by atoms with Crippen LogP contribution >= 0.6 is 11.8 Å². The summed E-state index contributed by atoms with van der Waals surface area (Å²) in [4.78, 5) is 13.8. The van der Waals surface area contributed by atoms with Crippen molar-refractivity contribution in [3.63, 3.8) is 0 Å². The fraction of sp³-hybridized carbons (Fsp3) is 0.231. The number of aryl methyl sites for hydroxylation is 1. The van der Waals surface area contributed by atoms with Gasteiger partial charge in [-0.1, -0.05) is 80.9 Å². The third-order valence-electron chi connectivity index (χ3n) is 4.77. The van der Waals surface area contributed by atoms with E-state index in [1.807, 2.05) is 73.1 Å². The number of nitrogens with one attached hydrogen (secondary N) is 3. The second-order valence-electron chi connectivity index (χ2n) is 8.67. The van der Waals surface area contributed by atoms with E-state index in [2.05, 4.69) is 26.1 Å². The number of hydrogen-bond donors (Lipinski definition) is 4. The van der Waals surface area contributed by atoms with Crippen LogP contribution in [0.25, 0.3) is 11.1 Å². The van der Waals surface area contributed by atoms with E-state index < -0.39 is 0 Å². The molecule has 0 heterocycles. The predicted octanol–water partition coefficient (Wildman–Crippen LogP) is 6.04. The molecule has 1 amide bonds. The Morgan fingerprint density at radius 3 is 2.38 bits per heavy atom. The van der Waals surface area contributed by atoms with E-state index in [1.165, 1.54) is 0 Å².